The lowest BCUT2D eigenvalue weighted by molar-refractivity contribution is -0.138. The van der Waals surface area contributed by atoms with E-state index in [-0.39, 0.29) is 23.8 Å². The summed E-state index contributed by atoms with van der Waals surface area (Å²) in [5.74, 6) is 0.356. The van der Waals surface area contributed by atoms with Crippen molar-refractivity contribution in [3.05, 3.63) is 23.8 Å². The molecule has 1 aromatic carbocycles. The molecule has 2 N–H and O–H groups in total. The van der Waals surface area contributed by atoms with Gasteiger partial charge in [-0.1, -0.05) is 6.92 Å². The van der Waals surface area contributed by atoms with Crippen LogP contribution in [-0.4, -0.2) is 62.0 Å². The van der Waals surface area contributed by atoms with Gasteiger partial charge in [-0.3, -0.25) is 14.4 Å². The lowest BCUT2D eigenvalue weighted by Gasteiger charge is -2.23. The zero-order valence-corrected chi connectivity index (χ0v) is 16.2. The van der Waals surface area contributed by atoms with Gasteiger partial charge in [0.25, 0.3) is 5.91 Å². The van der Waals surface area contributed by atoms with E-state index in [2.05, 4.69) is 10.6 Å². The molecule has 8 heteroatoms. The third-order valence-corrected chi connectivity index (χ3v) is 4.57. The molecule has 1 heterocycles. The molecule has 1 aliphatic heterocycles. The number of likely N-dealkylation sites (tertiary alicyclic amines) is 1. The Morgan fingerprint density at radius 3 is 2.52 bits per heavy atom. The van der Waals surface area contributed by atoms with Crippen molar-refractivity contribution >= 4 is 17.7 Å². The second-order valence-corrected chi connectivity index (χ2v) is 6.28. The highest BCUT2D eigenvalue weighted by atomic mass is 16.5. The average Bonchev–Trinajstić information content (AvgIpc) is 3.10. The van der Waals surface area contributed by atoms with Crippen LogP contribution in [0.1, 0.15) is 37.0 Å². The van der Waals surface area contributed by atoms with E-state index >= 15 is 0 Å². The normalized spacial score (nSPS) is 18.7. The zero-order valence-electron chi connectivity index (χ0n) is 16.2. The molecule has 0 aliphatic carbocycles. The van der Waals surface area contributed by atoms with Crippen molar-refractivity contribution in [2.24, 2.45) is 0 Å². The molecule has 0 radical (unpaired) electrons. The van der Waals surface area contributed by atoms with Gasteiger partial charge < -0.3 is 25.0 Å². The van der Waals surface area contributed by atoms with Crippen molar-refractivity contribution in [2.75, 3.05) is 27.3 Å². The molecule has 8 nitrogen and oxygen atoms in total. The fourth-order valence-electron chi connectivity index (χ4n) is 3.21. The van der Waals surface area contributed by atoms with Gasteiger partial charge in [-0.25, -0.2) is 0 Å². The number of carbonyl (C=O) groups excluding carboxylic acids is 3. The SMILES string of the molecule is CCNC(=O)[C@@H]1C[C@@H](NC(=O)c2ccc(OC)cc2OC)CN1C(=O)CC. The molecule has 1 fully saturated rings. The van der Waals surface area contributed by atoms with Gasteiger partial charge in [0.2, 0.25) is 11.8 Å². The number of benzene rings is 1. The van der Waals surface area contributed by atoms with Crippen molar-refractivity contribution in [3.8, 4) is 11.5 Å². The predicted octanol–water partition coefficient (Wildman–Crippen LogP) is 0.949. The molecule has 0 bridgehead atoms. The number of methoxy groups -OCH3 is 2. The van der Waals surface area contributed by atoms with E-state index < -0.39 is 6.04 Å². The summed E-state index contributed by atoms with van der Waals surface area (Å²) in [5.41, 5.74) is 0.369. The minimum Gasteiger partial charge on any atom is -0.497 e. The summed E-state index contributed by atoms with van der Waals surface area (Å²) in [5, 5.41) is 5.66. The molecule has 0 saturated carbocycles. The number of rotatable bonds is 7. The summed E-state index contributed by atoms with van der Waals surface area (Å²) in [6.07, 6.45) is 0.685. The monoisotopic (exact) mass is 377 g/mol. The third-order valence-electron chi connectivity index (χ3n) is 4.57. The Morgan fingerprint density at radius 2 is 1.93 bits per heavy atom. The Hall–Kier alpha value is -2.77. The van der Waals surface area contributed by atoms with Crippen LogP contribution >= 0.6 is 0 Å². The van der Waals surface area contributed by atoms with Gasteiger partial charge in [0.15, 0.2) is 0 Å². The smallest absolute Gasteiger partial charge is 0.255 e. The predicted molar refractivity (Wildman–Crippen MR) is 99.9 cm³/mol. The van der Waals surface area contributed by atoms with Crippen molar-refractivity contribution in [2.45, 2.75) is 38.8 Å². The molecule has 0 unspecified atom stereocenters. The van der Waals surface area contributed by atoms with Crippen LogP contribution in [0.2, 0.25) is 0 Å². The van der Waals surface area contributed by atoms with E-state index in [0.29, 0.717) is 43.0 Å². The van der Waals surface area contributed by atoms with E-state index in [9.17, 15) is 14.4 Å². The number of amides is 3. The number of carbonyl (C=O) groups is 3. The number of nitrogens with zero attached hydrogens (tertiary/aromatic N) is 1. The number of ether oxygens (including phenoxy) is 2. The van der Waals surface area contributed by atoms with E-state index in [4.69, 9.17) is 9.47 Å². The number of hydrogen-bond donors (Lipinski definition) is 2. The highest BCUT2D eigenvalue weighted by Gasteiger charge is 2.39. The van der Waals surface area contributed by atoms with E-state index in [1.807, 2.05) is 6.92 Å². The topological polar surface area (TPSA) is 97.0 Å². The summed E-state index contributed by atoms with van der Waals surface area (Å²) in [6.45, 7) is 4.38. The maximum absolute atomic E-state index is 12.7. The lowest BCUT2D eigenvalue weighted by Crippen LogP contribution is -2.45. The van der Waals surface area contributed by atoms with Gasteiger partial charge in [0, 0.05) is 31.6 Å². The van der Waals surface area contributed by atoms with Crippen LogP contribution in [0.25, 0.3) is 0 Å². The van der Waals surface area contributed by atoms with Crippen LogP contribution in [-0.2, 0) is 9.59 Å². The minimum absolute atomic E-state index is 0.106. The zero-order chi connectivity index (χ0) is 20.0. The number of nitrogens with one attached hydrogen (secondary N) is 2. The Bertz CT molecular complexity index is 707. The molecule has 1 aliphatic rings. The molecule has 148 valence electrons. The molecule has 2 rings (SSSR count). The lowest BCUT2D eigenvalue weighted by atomic mass is 10.1. The van der Waals surface area contributed by atoms with Crippen LogP contribution in [0.15, 0.2) is 18.2 Å². The first-order valence-electron chi connectivity index (χ1n) is 9.05. The van der Waals surface area contributed by atoms with Gasteiger partial charge in [0.05, 0.1) is 19.8 Å². The van der Waals surface area contributed by atoms with Gasteiger partial charge in [0.1, 0.15) is 17.5 Å². The van der Waals surface area contributed by atoms with Gasteiger partial charge >= 0.3 is 0 Å². The summed E-state index contributed by atoms with van der Waals surface area (Å²) >= 11 is 0. The van der Waals surface area contributed by atoms with Crippen LogP contribution in [0, 0.1) is 0 Å². The second-order valence-electron chi connectivity index (χ2n) is 6.28. The first kappa shape index (κ1) is 20.5. The summed E-state index contributed by atoms with van der Waals surface area (Å²) in [4.78, 5) is 38.7. The van der Waals surface area contributed by atoms with Gasteiger partial charge in [-0.15, -0.1) is 0 Å². The molecule has 1 saturated heterocycles. The largest absolute Gasteiger partial charge is 0.497 e. The van der Waals surface area contributed by atoms with Gasteiger partial charge in [-0.05, 0) is 25.5 Å². The standard InChI is InChI=1S/C19H27N3O5/c1-5-17(23)22-11-12(9-15(22)19(25)20-6-2)21-18(24)14-8-7-13(26-3)10-16(14)27-4/h7-8,10,12,15H,5-6,9,11H2,1-4H3,(H,20,25)(H,21,24)/t12-,15+/m1/s1. The number of hydrogen-bond acceptors (Lipinski definition) is 5. The fraction of sp³-hybridized carbons (Fsp3) is 0.526. The van der Waals surface area contributed by atoms with E-state index in [0.717, 1.165) is 0 Å². The van der Waals surface area contributed by atoms with Crippen molar-refractivity contribution in [3.63, 3.8) is 0 Å². The molecular weight excluding hydrogens is 350 g/mol. The second kappa shape index (κ2) is 9.25. The first-order valence-corrected chi connectivity index (χ1v) is 9.05. The highest BCUT2D eigenvalue weighted by Crippen LogP contribution is 2.25. The quantitative estimate of drug-likeness (QED) is 0.737. The van der Waals surface area contributed by atoms with Crippen LogP contribution < -0.4 is 20.1 Å². The van der Waals surface area contributed by atoms with Crippen molar-refractivity contribution in [1.29, 1.82) is 0 Å². The fourth-order valence-corrected chi connectivity index (χ4v) is 3.21. The van der Waals surface area contributed by atoms with Crippen LogP contribution in [0.4, 0.5) is 0 Å². The Balaban J connectivity index is 2.14. The summed E-state index contributed by atoms with van der Waals surface area (Å²) < 4.78 is 10.4. The molecule has 2 atom stereocenters. The number of likely N-dealkylation sites (N-methyl/N-ethyl adjacent to an activating group) is 1. The van der Waals surface area contributed by atoms with E-state index in [1.165, 1.54) is 14.2 Å². The van der Waals surface area contributed by atoms with Crippen molar-refractivity contribution < 1.29 is 23.9 Å². The molecule has 3 amide bonds. The summed E-state index contributed by atoms with van der Waals surface area (Å²) in [6, 6.07) is 4.05. The van der Waals surface area contributed by atoms with Crippen LogP contribution in [0.5, 0.6) is 11.5 Å². The molecule has 0 aromatic heterocycles. The Kier molecular flexibility index (Phi) is 7.04. The molecule has 27 heavy (non-hydrogen) atoms. The van der Waals surface area contributed by atoms with Crippen molar-refractivity contribution in [1.82, 2.24) is 15.5 Å². The maximum atomic E-state index is 12.7. The minimum atomic E-state index is -0.569. The maximum Gasteiger partial charge on any atom is 0.255 e. The third kappa shape index (κ3) is 4.69. The van der Waals surface area contributed by atoms with Crippen LogP contribution in [0.3, 0.4) is 0 Å². The molecular formula is C19H27N3O5. The Labute approximate surface area is 159 Å². The summed E-state index contributed by atoms with van der Waals surface area (Å²) in [7, 11) is 3.02. The van der Waals surface area contributed by atoms with Gasteiger partial charge in [-0.2, -0.15) is 0 Å². The molecule has 1 aromatic rings. The first-order chi connectivity index (χ1) is 12.9. The molecule has 0 spiro atoms. The Morgan fingerprint density at radius 1 is 1.19 bits per heavy atom. The average molecular weight is 377 g/mol. The highest BCUT2D eigenvalue weighted by molar-refractivity contribution is 5.97. The van der Waals surface area contributed by atoms with E-state index in [1.54, 1.807) is 30.0 Å².